The van der Waals surface area contributed by atoms with Crippen molar-refractivity contribution in [3.63, 3.8) is 0 Å². The number of rotatable bonds is 4. The Morgan fingerprint density at radius 3 is 2.12 bits per heavy atom. The maximum atomic E-state index is 11.6. The molecule has 1 atom stereocenters. The first kappa shape index (κ1) is 15.3. The van der Waals surface area contributed by atoms with Gasteiger partial charge in [0.15, 0.2) is 11.9 Å². The van der Waals surface area contributed by atoms with Crippen molar-refractivity contribution in [2.45, 2.75) is 46.3 Å². The molecule has 0 aromatic rings. The molecule has 0 aromatic carbocycles. The van der Waals surface area contributed by atoms with Crippen LogP contribution in [0.1, 0.15) is 34.6 Å². The van der Waals surface area contributed by atoms with Crippen molar-refractivity contribution < 1.29 is 19.1 Å². The van der Waals surface area contributed by atoms with E-state index in [4.69, 9.17) is 4.74 Å². The van der Waals surface area contributed by atoms with Gasteiger partial charge in [-0.25, -0.2) is 4.79 Å². The van der Waals surface area contributed by atoms with Crippen LogP contribution in [0.3, 0.4) is 0 Å². The molecule has 5 nitrogen and oxygen atoms in total. The van der Waals surface area contributed by atoms with E-state index in [9.17, 15) is 14.4 Å². The van der Waals surface area contributed by atoms with Crippen molar-refractivity contribution in [1.82, 2.24) is 5.32 Å². The van der Waals surface area contributed by atoms with Crippen molar-refractivity contribution in [1.29, 1.82) is 0 Å². The Kier molecular flexibility index (Phi) is 5.58. The third-order valence-corrected chi connectivity index (χ3v) is 1.61. The Morgan fingerprint density at radius 1 is 1.18 bits per heavy atom. The lowest BCUT2D eigenvalue weighted by Crippen LogP contribution is -2.46. The molecule has 0 spiro atoms. The maximum Gasteiger partial charge on any atom is 0.331 e. The second kappa shape index (κ2) is 6.18. The zero-order valence-electron chi connectivity index (χ0n) is 10.9. The van der Waals surface area contributed by atoms with Crippen LogP contribution in [0, 0.1) is 0 Å². The summed E-state index contributed by atoms with van der Waals surface area (Å²) in [6, 6.07) is 0. The highest BCUT2D eigenvalue weighted by Gasteiger charge is 2.21. The number of esters is 1. The molecular weight excluding hydrogens is 222 g/mol. The predicted octanol–water partition coefficient (Wildman–Crippen LogP) is 0.978. The number of hydrogen-bond acceptors (Lipinski definition) is 4. The van der Waals surface area contributed by atoms with Crippen molar-refractivity contribution in [2.24, 2.45) is 0 Å². The normalized spacial score (nSPS) is 13.2. The van der Waals surface area contributed by atoms with Gasteiger partial charge in [0.25, 0.3) is 5.91 Å². The SMILES string of the molecule is CC(=O)/C=C/C(=O)OC(C)C(=O)NC(C)(C)C. The first-order valence-corrected chi connectivity index (χ1v) is 5.33. The molecule has 0 saturated heterocycles. The molecular formula is C12H19NO4. The molecule has 0 aliphatic rings. The lowest BCUT2D eigenvalue weighted by atomic mass is 10.1. The summed E-state index contributed by atoms with van der Waals surface area (Å²) in [6.45, 7) is 8.28. The van der Waals surface area contributed by atoms with E-state index in [2.05, 4.69) is 5.32 Å². The minimum Gasteiger partial charge on any atom is -0.449 e. The molecule has 0 aromatic heterocycles. The fourth-order valence-corrected chi connectivity index (χ4v) is 0.924. The van der Waals surface area contributed by atoms with Gasteiger partial charge < -0.3 is 10.1 Å². The largest absolute Gasteiger partial charge is 0.449 e. The smallest absolute Gasteiger partial charge is 0.331 e. The summed E-state index contributed by atoms with van der Waals surface area (Å²) < 4.78 is 4.82. The number of amides is 1. The molecule has 96 valence electrons. The molecule has 0 saturated carbocycles. The van der Waals surface area contributed by atoms with Gasteiger partial charge >= 0.3 is 5.97 Å². The van der Waals surface area contributed by atoms with E-state index in [1.807, 2.05) is 20.8 Å². The Hall–Kier alpha value is -1.65. The average molecular weight is 241 g/mol. The first-order chi connectivity index (χ1) is 7.61. The Bertz CT molecular complexity index is 339. The maximum absolute atomic E-state index is 11.6. The van der Waals surface area contributed by atoms with E-state index in [0.717, 1.165) is 12.2 Å². The second-order valence-corrected chi connectivity index (χ2v) is 4.76. The molecule has 0 aliphatic carbocycles. The second-order valence-electron chi connectivity index (χ2n) is 4.76. The number of nitrogens with one attached hydrogen (secondary N) is 1. The van der Waals surface area contributed by atoms with E-state index >= 15 is 0 Å². The van der Waals surface area contributed by atoms with E-state index in [1.54, 1.807) is 0 Å². The average Bonchev–Trinajstić information content (AvgIpc) is 2.11. The summed E-state index contributed by atoms with van der Waals surface area (Å²) >= 11 is 0. The van der Waals surface area contributed by atoms with E-state index in [0.29, 0.717) is 0 Å². The third-order valence-electron chi connectivity index (χ3n) is 1.61. The summed E-state index contributed by atoms with van der Waals surface area (Å²) in [4.78, 5) is 33.3. The third kappa shape index (κ3) is 8.19. The molecule has 0 rings (SSSR count). The molecule has 0 fully saturated rings. The van der Waals surface area contributed by atoms with Crippen LogP contribution < -0.4 is 5.32 Å². The Labute approximate surface area is 101 Å². The van der Waals surface area contributed by atoms with Crippen LogP contribution in [0.15, 0.2) is 12.2 Å². The lowest BCUT2D eigenvalue weighted by molar-refractivity contribution is -0.150. The number of carbonyl (C=O) groups is 3. The number of ether oxygens (including phenoxy) is 1. The minimum absolute atomic E-state index is 0.256. The summed E-state index contributed by atoms with van der Waals surface area (Å²) in [5.41, 5.74) is -0.382. The molecule has 0 bridgehead atoms. The minimum atomic E-state index is -0.890. The number of carbonyl (C=O) groups excluding carboxylic acids is 3. The van der Waals surface area contributed by atoms with E-state index in [1.165, 1.54) is 13.8 Å². The van der Waals surface area contributed by atoms with Gasteiger partial charge in [0, 0.05) is 11.6 Å². The highest BCUT2D eigenvalue weighted by Crippen LogP contribution is 2.01. The topological polar surface area (TPSA) is 72.5 Å². The summed E-state index contributed by atoms with van der Waals surface area (Å²) in [5.74, 6) is -1.34. The van der Waals surface area contributed by atoms with Crippen LogP contribution in [-0.4, -0.2) is 29.3 Å². The van der Waals surface area contributed by atoms with Crippen LogP contribution >= 0.6 is 0 Å². The van der Waals surface area contributed by atoms with Crippen LogP contribution in [-0.2, 0) is 19.1 Å². The summed E-state index contributed by atoms with van der Waals surface area (Å²) in [7, 11) is 0. The van der Waals surface area contributed by atoms with Crippen molar-refractivity contribution in [2.75, 3.05) is 0 Å². The highest BCUT2D eigenvalue weighted by molar-refractivity contribution is 5.95. The molecule has 1 unspecified atom stereocenters. The van der Waals surface area contributed by atoms with E-state index < -0.39 is 12.1 Å². The van der Waals surface area contributed by atoms with Crippen LogP contribution in [0.25, 0.3) is 0 Å². The van der Waals surface area contributed by atoms with Crippen molar-refractivity contribution in [3.05, 3.63) is 12.2 Å². The van der Waals surface area contributed by atoms with Gasteiger partial charge in [0.2, 0.25) is 0 Å². The zero-order chi connectivity index (χ0) is 13.6. The quantitative estimate of drug-likeness (QED) is 0.588. The lowest BCUT2D eigenvalue weighted by Gasteiger charge is -2.22. The van der Waals surface area contributed by atoms with Crippen molar-refractivity contribution >= 4 is 17.7 Å². The number of hydrogen-bond donors (Lipinski definition) is 1. The molecule has 0 heterocycles. The van der Waals surface area contributed by atoms with Crippen molar-refractivity contribution in [3.8, 4) is 0 Å². The van der Waals surface area contributed by atoms with Gasteiger partial charge in [-0.3, -0.25) is 9.59 Å². The predicted molar refractivity (Wildman–Crippen MR) is 63.3 cm³/mol. The standard InChI is InChI=1S/C12H19NO4/c1-8(14)6-7-10(15)17-9(2)11(16)13-12(3,4)5/h6-7,9H,1-5H3,(H,13,16)/b7-6+. The Balaban J connectivity index is 4.26. The van der Waals surface area contributed by atoms with Gasteiger partial charge in [-0.1, -0.05) is 0 Å². The van der Waals surface area contributed by atoms with Gasteiger partial charge in [0.05, 0.1) is 0 Å². The first-order valence-electron chi connectivity index (χ1n) is 5.33. The number of ketones is 1. The van der Waals surface area contributed by atoms with Crippen LogP contribution in [0.5, 0.6) is 0 Å². The molecule has 5 heteroatoms. The fraction of sp³-hybridized carbons (Fsp3) is 0.583. The summed E-state index contributed by atoms with van der Waals surface area (Å²) in [5, 5.41) is 2.68. The molecule has 0 radical (unpaired) electrons. The fourth-order valence-electron chi connectivity index (χ4n) is 0.924. The van der Waals surface area contributed by atoms with Gasteiger partial charge in [-0.2, -0.15) is 0 Å². The summed E-state index contributed by atoms with van der Waals surface area (Å²) in [6.07, 6.45) is 1.21. The molecule has 1 amide bonds. The van der Waals surface area contributed by atoms with Gasteiger partial charge in [0.1, 0.15) is 0 Å². The zero-order valence-corrected chi connectivity index (χ0v) is 10.9. The Morgan fingerprint density at radius 2 is 1.71 bits per heavy atom. The number of allylic oxidation sites excluding steroid dienone is 1. The van der Waals surface area contributed by atoms with E-state index in [-0.39, 0.29) is 17.2 Å². The highest BCUT2D eigenvalue weighted by atomic mass is 16.5. The van der Waals surface area contributed by atoms with Crippen LogP contribution in [0.4, 0.5) is 0 Å². The van der Waals surface area contributed by atoms with Gasteiger partial charge in [-0.05, 0) is 40.7 Å². The monoisotopic (exact) mass is 241 g/mol. The molecule has 0 aliphatic heterocycles. The van der Waals surface area contributed by atoms with Gasteiger partial charge in [-0.15, -0.1) is 0 Å². The molecule has 1 N–H and O–H groups in total. The molecule has 17 heavy (non-hydrogen) atoms. The van der Waals surface area contributed by atoms with Crippen LogP contribution in [0.2, 0.25) is 0 Å².